The molecule has 17 heavy (non-hydrogen) atoms. The van der Waals surface area contributed by atoms with Crippen LogP contribution in [0.5, 0.6) is 5.75 Å². The fraction of sp³-hybridized carbons (Fsp3) is 0.538. The molecule has 1 N–H and O–H groups in total. The standard InChI is InChI=1S/C13H20FNO2/c1-10(2)15-9-11-5-4-6-12(14)13(11)17-8-7-16-3/h4-6,10,15H,7-9H2,1-3H3. The van der Waals surface area contributed by atoms with Crippen LogP contribution in [0, 0.1) is 5.82 Å². The highest BCUT2D eigenvalue weighted by Crippen LogP contribution is 2.22. The number of benzene rings is 1. The van der Waals surface area contributed by atoms with Gasteiger partial charge in [-0.3, -0.25) is 0 Å². The maximum absolute atomic E-state index is 13.6. The molecular weight excluding hydrogens is 221 g/mol. The highest BCUT2D eigenvalue weighted by atomic mass is 19.1. The van der Waals surface area contributed by atoms with E-state index in [1.165, 1.54) is 6.07 Å². The summed E-state index contributed by atoms with van der Waals surface area (Å²) in [4.78, 5) is 0. The fourth-order valence-electron chi connectivity index (χ4n) is 1.40. The van der Waals surface area contributed by atoms with Crippen LogP contribution in [0.25, 0.3) is 0 Å². The lowest BCUT2D eigenvalue weighted by atomic mass is 10.2. The van der Waals surface area contributed by atoms with Crippen LogP contribution in [0.15, 0.2) is 18.2 Å². The second-order valence-electron chi connectivity index (χ2n) is 4.10. The lowest BCUT2D eigenvalue weighted by molar-refractivity contribution is 0.143. The van der Waals surface area contributed by atoms with Crippen LogP contribution in [0.3, 0.4) is 0 Å². The van der Waals surface area contributed by atoms with Crippen LogP contribution >= 0.6 is 0 Å². The van der Waals surface area contributed by atoms with E-state index in [-0.39, 0.29) is 5.82 Å². The number of para-hydroxylation sites is 1. The van der Waals surface area contributed by atoms with E-state index in [1.54, 1.807) is 13.2 Å². The van der Waals surface area contributed by atoms with Gasteiger partial charge in [0, 0.05) is 25.3 Å². The zero-order valence-corrected chi connectivity index (χ0v) is 10.6. The van der Waals surface area contributed by atoms with Crippen LogP contribution < -0.4 is 10.1 Å². The van der Waals surface area contributed by atoms with E-state index in [9.17, 15) is 4.39 Å². The first-order valence-electron chi connectivity index (χ1n) is 5.77. The van der Waals surface area contributed by atoms with Crippen molar-refractivity contribution in [3.8, 4) is 5.75 Å². The molecule has 96 valence electrons. The van der Waals surface area contributed by atoms with Gasteiger partial charge in [-0.15, -0.1) is 0 Å². The molecule has 0 aliphatic carbocycles. The van der Waals surface area contributed by atoms with Crippen LogP contribution in [0.2, 0.25) is 0 Å². The molecule has 0 saturated heterocycles. The summed E-state index contributed by atoms with van der Waals surface area (Å²) in [6.45, 7) is 5.49. The SMILES string of the molecule is COCCOc1c(F)cccc1CNC(C)C. The molecular formula is C13H20FNO2. The summed E-state index contributed by atoms with van der Waals surface area (Å²) in [5.74, 6) is -0.0122. The molecule has 0 fully saturated rings. The van der Waals surface area contributed by atoms with Crippen molar-refractivity contribution in [1.29, 1.82) is 0 Å². The van der Waals surface area contributed by atoms with Crippen molar-refractivity contribution in [2.45, 2.75) is 26.4 Å². The Morgan fingerprint density at radius 2 is 2.06 bits per heavy atom. The highest BCUT2D eigenvalue weighted by Gasteiger charge is 2.09. The molecule has 0 spiro atoms. The van der Waals surface area contributed by atoms with Crippen LogP contribution in [0.1, 0.15) is 19.4 Å². The molecule has 0 amide bonds. The van der Waals surface area contributed by atoms with Crippen molar-refractivity contribution in [1.82, 2.24) is 5.32 Å². The average molecular weight is 241 g/mol. The Kier molecular flexibility index (Phi) is 5.94. The monoisotopic (exact) mass is 241 g/mol. The van der Waals surface area contributed by atoms with Crippen molar-refractivity contribution < 1.29 is 13.9 Å². The fourth-order valence-corrected chi connectivity index (χ4v) is 1.40. The summed E-state index contributed by atoms with van der Waals surface area (Å²) in [5.41, 5.74) is 0.829. The van der Waals surface area contributed by atoms with Crippen LogP contribution in [-0.4, -0.2) is 26.4 Å². The van der Waals surface area contributed by atoms with Gasteiger partial charge in [-0.2, -0.15) is 0 Å². The number of nitrogens with one attached hydrogen (secondary N) is 1. The first kappa shape index (κ1) is 13.9. The Morgan fingerprint density at radius 3 is 2.71 bits per heavy atom. The summed E-state index contributed by atoms with van der Waals surface area (Å²) in [5, 5.41) is 3.24. The number of rotatable bonds is 7. The Balaban J connectivity index is 2.69. The van der Waals surface area contributed by atoms with E-state index in [0.717, 1.165) is 5.56 Å². The topological polar surface area (TPSA) is 30.5 Å². The van der Waals surface area contributed by atoms with Crippen LogP contribution in [0.4, 0.5) is 4.39 Å². The van der Waals surface area contributed by atoms with E-state index in [1.807, 2.05) is 19.9 Å². The van der Waals surface area contributed by atoms with Crippen molar-refractivity contribution in [3.05, 3.63) is 29.6 Å². The number of hydrogen-bond acceptors (Lipinski definition) is 3. The van der Waals surface area contributed by atoms with Crippen LogP contribution in [-0.2, 0) is 11.3 Å². The Morgan fingerprint density at radius 1 is 1.29 bits per heavy atom. The number of ether oxygens (including phenoxy) is 2. The molecule has 0 saturated carbocycles. The molecule has 1 aromatic carbocycles. The first-order valence-corrected chi connectivity index (χ1v) is 5.77. The maximum atomic E-state index is 13.6. The van der Waals surface area contributed by atoms with Gasteiger partial charge >= 0.3 is 0 Å². The molecule has 3 nitrogen and oxygen atoms in total. The zero-order valence-electron chi connectivity index (χ0n) is 10.6. The minimum absolute atomic E-state index is 0.317. The second-order valence-corrected chi connectivity index (χ2v) is 4.10. The first-order chi connectivity index (χ1) is 8.15. The predicted molar refractivity (Wildman–Crippen MR) is 65.7 cm³/mol. The van der Waals surface area contributed by atoms with E-state index in [4.69, 9.17) is 9.47 Å². The summed E-state index contributed by atoms with van der Waals surface area (Å²) in [6, 6.07) is 5.31. The van der Waals surface area contributed by atoms with Gasteiger partial charge in [0.2, 0.25) is 0 Å². The molecule has 0 heterocycles. The third-order valence-corrected chi connectivity index (χ3v) is 2.28. The third-order valence-electron chi connectivity index (χ3n) is 2.28. The molecule has 0 atom stereocenters. The van der Waals surface area contributed by atoms with Gasteiger partial charge in [0.25, 0.3) is 0 Å². The van der Waals surface area contributed by atoms with Crippen molar-refractivity contribution in [2.75, 3.05) is 20.3 Å². The molecule has 0 aliphatic heterocycles. The number of halogens is 1. The van der Waals surface area contributed by atoms with Gasteiger partial charge in [-0.05, 0) is 6.07 Å². The average Bonchev–Trinajstić information content (AvgIpc) is 2.29. The minimum atomic E-state index is -0.329. The van der Waals surface area contributed by atoms with Gasteiger partial charge in [0.15, 0.2) is 11.6 Å². The molecule has 0 unspecified atom stereocenters. The molecule has 4 heteroatoms. The van der Waals surface area contributed by atoms with Gasteiger partial charge in [0.05, 0.1) is 6.61 Å². The number of methoxy groups -OCH3 is 1. The molecule has 0 radical (unpaired) electrons. The smallest absolute Gasteiger partial charge is 0.165 e. The largest absolute Gasteiger partial charge is 0.488 e. The molecule has 0 bridgehead atoms. The van der Waals surface area contributed by atoms with Gasteiger partial charge in [-0.25, -0.2) is 4.39 Å². The highest BCUT2D eigenvalue weighted by molar-refractivity contribution is 5.34. The van der Waals surface area contributed by atoms with Gasteiger partial charge in [-0.1, -0.05) is 26.0 Å². The summed E-state index contributed by atoms with van der Waals surface area (Å²) in [6.07, 6.45) is 0. The van der Waals surface area contributed by atoms with E-state index >= 15 is 0 Å². The summed E-state index contributed by atoms with van der Waals surface area (Å²) in [7, 11) is 1.59. The third kappa shape index (κ3) is 4.71. The Labute approximate surface area is 102 Å². The van der Waals surface area contributed by atoms with E-state index < -0.39 is 0 Å². The van der Waals surface area contributed by atoms with E-state index in [0.29, 0.717) is 31.5 Å². The second kappa shape index (κ2) is 7.25. The van der Waals surface area contributed by atoms with E-state index in [2.05, 4.69) is 5.32 Å². The summed E-state index contributed by atoms with van der Waals surface area (Å²) >= 11 is 0. The Bertz CT molecular complexity index is 342. The molecule has 1 rings (SSSR count). The zero-order chi connectivity index (χ0) is 12.7. The predicted octanol–water partition coefficient (Wildman–Crippen LogP) is 2.35. The van der Waals surface area contributed by atoms with Gasteiger partial charge < -0.3 is 14.8 Å². The molecule has 0 aliphatic rings. The Hall–Kier alpha value is -1.13. The minimum Gasteiger partial charge on any atom is -0.488 e. The molecule has 0 aromatic heterocycles. The van der Waals surface area contributed by atoms with Gasteiger partial charge in [0.1, 0.15) is 6.61 Å². The van der Waals surface area contributed by atoms with Crippen molar-refractivity contribution >= 4 is 0 Å². The number of hydrogen-bond donors (Lipinski definition) is 1. The van der Waals surface area contributed by atoms with Crippen molar-refractivity contribution in [3.63, 3.8) is 0 Å². The lowest BCUT2D eigenvalue weighted by Gasteiger charge is -2.14. The lowest BCUT2D eigenvalue weighted by Crippen LogP contribution is -2.22. The summed E-state index contributed by atoms with van der Waals surface area (Å²) < 4.78 is 23.9. The normalized spacial score (nSPS) is 10.9. The van der Waals surface area contributed by atoms with Crippen molar-refractivity contribution in [2.24, 2.45) is 0 Å². The quantitative estimate of drug-likeness (QED) is 0.743. The molecule has 1 aromatic rings. The maximum Gasteiger partial charge on any atom is 0.165 e.